The molecule has 0 aliphatic heterocycles. The number of halogens is 1. The number of hydrogen-bond acceptors (Lipinski definition) is 2. The van der Waals surface area contributed by atoms with Crippen LogP contribution in [0.3, 0.4) is 0 Å². The van der Waals surface area contributed by atoms with Crippen LogP contribution in [0.15, 0.2) is 48.5 Å². The van der Waals surface area contributed by atoms with Crippen LogP contribution >= 0.6 is 22.6 Å². The first-order chi connectivity index (χ1) is 10.5. The van der Waals surface area contributed by atoms with Gasteiger partial charge in [-0.3, -0.25) is 9.59 Å². The van der Waals surface area contributed by atoms with Crippen molar-refractivity contribution in [3.05, 3.63) is 63.2 Å². The van der Waals surface area contributed by atoms with E-state index in [0.717, 1.165) is 14.8 Å². The van der Waals surface area contributed by atoms with Gasteiger partial charge in [0.25, 0.3) is 5.91 Å². The van der Waals surface area contributed by atoms with Gasteiger partial charge in [0, 0.05) is 21.9 Å². The average molecular weight is 408 g/mol. The number of likely N-dealkylation sites (N-methyl/N-ethyl adjacent to an activating group) is 1. The van der Waals surface area contributed by atoms with E-state index in [1.165, 1.54) is 4.90 Å². The van der Waals surface area contributed by atoms with Gasteiger partial charge in [0.05, 0.1) is 6.54 Å². The third-order valence-corrected chi connectivity index (χ3v) is 3.87. The molecule has 0 heterocycles. The van der Waals surface area contributed by atoms with Crippen molar-refractivity contribution in [1.29, 1.82) is 0 Å². The van der Waals surface area contributed by atoms with Crippen LogP contribution in [-0.4, -0.2) is 30.3 Å². The molecule has 4 nitrogen and oxygen atoms in total. The van der Waals surface area contributed by atoms with Crippen LogP contribution in [0.1, 0.15) is 15.9 Å². The second kappa shape index (κ2) is 7.40. The van der Waals surface area contributed by atoms with E-state index < -0.39 is 0 Å². The number of nitrogens with one attached hydrogen (secondary N) is 1. The topological polar surface area (TPSA) is 49.4 Å². The predicted octanol–water partition coefficient (Wildman–Crippen LogP) is 3.31. The lowest BCUT2D eigenvalue weighted by atomic mass is 10.2. The van der Waals surface area contributed by atoms with Gasteiger partial charge in [-0.25, -0.2) is 0 Å². The van der Waals surface area contributed by atoms with Crippen LogP contribution in [0, 0.1) is 10.5 Å². The van der Waals surface area contributed by atoms with Crippen LogP contribution in [0.4, 0.5) is 5.69 Å². The zero-order valence-corrected chi connectivity index (χ0v) is 14.6. The van der Waals surface area contributed by atoms with Crippen molar-refractivity contribution < 1.29 is 9.59 Å². The van der Waals surface area contributed by atoms with Crippen LogP contribution in [0.2, 0.25) is 0 Å². The molecule has 1 N–H and O–H groups in total. The van der Waals surface area contributed by atoms with Crippen LogP contribution < -0.4 is 5.32 Å². The minimum absolute atomic E-state index is 0.0126. The molecule has 0 fully saturated rings. The van der Waals surface area contributed by atoms with Crippen molar-refractivity contribution in [1.82, 2.24) is 4.90 Å². The van der Waals surface area contributed by atoms with Crippen molar-refractivity contribution in [2.45, 2.75) is 6.92 Å². The van der Waals surface area contributed by atoms with Gasteiger partial charge < -0.3 is 10.2 Å². The highest BCUT2D eigenvalue weighted by Gasteiger charge is 2.14. The summed E-state index contributed by atoms with van der Waals surface area (Å²) >= 11 is 2.18. The summed E-state index contributed by atoms with van der Waals surface area (Å²) in [7, 11) is 1.62. The maximum atomic E-state index is 12.2. The summed E-state index contributed by atoms with van der Waals surface area (Å²) in [6.45, 7) is 2.00. The van der Waals surface area contributed by atoms with E-state index in [0.29, 0.717) is 5.56 Å². The number of amides is 2. The van der Waals surface area contributed by atoms with E-state index in [1.54, 1.807) is 19.2 Å². The highest BCUT2D eigenvalue weighted by Crippen LogP contribution is 2.10. The van der Waals surface area contributed by atoms with Gasteiger partial charge in [-0.15, -0.1) is 0 Å². The largest absolute Gasteiger partial charge is 0.332 e. The lowest BCUT2D eigenvalue weighted by Gasteiger charge is -2.17. The monoisotopic (exact) mass is 408 g/mol. The van der Waals surface area contributed by atoms with Gasteiger partial charge in [-0.2, -0.15) is 0 Å². The summed E-state index contributed by atoms with van der Waals surface area (Å²) in [4.78, 5) is 25.6. The molecule has 2 aromatic rings. The third kappa shape index (κ3) is 4.56. The number of carbonyl (C=O) groups excluding carboxylic acids is 2. The maximum absolute atomic E-state index is 12.2. The fourth-order valence-corrected chi connectivity index (χ4v) is 2.30. The van der Waals surface area contributed by atoms with Crippen molar-refractivity contribution in [3.8, 4) is 0 Å². The Kier molecular flexibility index (Phi) is 5.54. The standard InChI is InChI=1S/C17H17IN2O2/c1-12-3-9-15(10-4-12)19-16(21)11-20(2)17(22)13-5-7-14(18)8-6-13/h3-10H,11H2,1-2H3,(H,19,21). The quantitative estimate of drug-likeness (QED) is 0.790. The molecule has 5 heteroatoms. The SMILES string of the molecule is Cc1ccc(NC(=O)CN(C)C(=O)c2ccc(I)cc2)cc1. The fraction of sp³-hybridized carbons (Fsp3) is 0.176. The first-order valence-corrected chi connectivity index (χ1v) is 7.91. The molecule has 2 amide bonds. The third-order valence-electron chi connectivity index (χ3n) is 3.15. The highest BCUT2D eigenvalue weighted by atomic mass is 127. The smallest absolute Gasteiger partial charge is 0.254 e. The molecule has 0 aliphatic carbocycles. The molecule has 2 rings (SSSR count). The van der Waals surface area contributed by atoms with Gasteiger partial charge in [0.15, 0.2) is 0 Å². The van der Waals surface area contributed by atoms with Gasteiger partial charge in [0.1, 0.15) is 0 Å². The van der Waals surface area contributed by atoms with E-state index in [4.69, 9.17) is 0 Å². The number of hydrogen-bond donors (Lipinski definition) is 1. The molecule has 0 unspecified atom stereocenters. The molecule has 0 atom stereocenters. The summed E-state index contributed by atoms with van der Waals surface area (Å²) in [5, 5.41) is 2.78. The Balaban J connectivity index is 1.94. The Bertz CT molecular complexity index is 666. The number of rotatable bonds is 4. The molecule has 0 saturated heterocycles. The van der Waals surface area contributed by atoms with Gasteiger partial charge in [-0.1, -0.05) is 17.7 Å². The van der Waals surface area contributed by atoms with E-state index in [-0.39, 0.29) is 18.4 Å². The molecule has 0 spiro atoms. The van der Waals surface area contributed by atoms with E-state index in [1.807, 2.05) is 43.3 Å². The molecule has 0 radical (unpaired) electrons. The average Bonchev–Trinajstić information content (AvgIpc) is 2.49. The lowest BCUT2D eigenvalue weighted by molar-refractivity contribution is -0.116. The van der Waals surface area contributed by atoms with E-state index in [2.05, 4.69) is 27.9 Å². The summed E-state index contributed by atoms with van der Waals surface area (Å²) in [5.74, 6) is -0.388. The first kappa shape index (κ1) is 16.5. The van der Waals surface area contributed by atoms with Crippen molar-refractivity contribution >= 4 is 40.1 Å². The second-order valence-corrected chi connectivity index (χ2v) is 6.33. The Morgan fingerprint density at radius 1 is 1.05 bits per heavy atom. The van der Waals surface area contributed by atoms with Gasteiger partial charge in [-0.05, 0) is 65.9 Å². The Morgan fingerprint density at radius 3 is 2.23 bits per heavy atom. The highest BCUT2D eigenvalue weighted by molar-refractivity contribution is 14.1. The molecular weight excluding hydrogens is 391 g/mol. The normalized spacial score (nSPS) is 10.1. The summed E-state index contributed by atoms with van der Waals surface area (Å²) in [6, 6.07) is 14.8. The van der Waals surface area contributed by atoms with E-state index in [9.17, 15) is 9.59 Å². The molecule has 22 heavy (non-hydrogen) atoms. The van der Waals surface area contributed by atoms with Gasteiger partial charge in [0.2, 0.25) is 5.91 Å². The second-order valence-electron chi connectivity index (χ2n) is 5.08. The molecular formula is C17H17IN2O2. The molecule has 0 saturated carbocycles. The van der Waals surface area contributed by atoms with Crippen molar-refractivity contribution in [2.24, 2.45) is 0 Å². The summed E-state index contributed by atoms with van der Waals surface area (Å²) in [5.41, 5.74) is 2.43. The number of nitrogens with zero attached hydrogens (tertiary/aromatic N) is 1. The number of anilines is 1. The zero-order valence-electron chi connectivity index (χ0n) is 12.5. The molecule has 0 aliphatic rings. The summed E-state index contributed by atoms with van der Waals surface area (Å²) in [6.07, 6.45) is 0. The summed E-state index contributed by atoms with van der Waals surface area (Å²) < 4.78 is 1.06. The zero-order chi connectivity index (χ0) is 16.1. The number of carbonyl (C=O) groups is 2. The Hall–Kier alpha value is -1.89. The number of benzene rings is 2. The number of aryl methyl sites for hydroxylation is 1. The van der Waals surface area contributed by atoms with Crippen LogP contribution in [0.25, 0.3) is 0 Å². The minimum atomic E-state index is -0.217. The van der Waals surface area contributed by atoms with Crippen LogP contribution in [0.5, 0.6) is 0 Å². The first-order valence-electron chi connectivity index (χ1n) is 6.83. The van der Waals surface area contributed by atoms with Gasteiger partial charge >= 0.3 is 0 Å². The van der Waals surface area contributed by atoms with Crippen LogP contribution in [-0.2, 0) is 4.79 Å². The lowest BCUT2D eigenvalue weighted by Crippen LogP contribution is -2.34. The van der Waals surface area contributed by atoms with E-state index >= 15 is 0 Å². The van der Waals surface area contributed by atoms with Crippen molar-refractivity contribution in [2.75, 3.05) is 18.9 Å². The molecule has 0 bridgehead atoms. The minimum Gasteiger partial charge on any atom is -0.332 e. The molecule has 2 aromatic carbocycles. The predicted molar refractivity (Wildman–Crippen MR) is 95.9 cm³/mol. The Morgan fingerprint density at radius 2 is 1.64 bits per heavy atom. The molecule has 114 valence electrons. The molecule has 0 aromatic heterocycles. The maximum Gasteiger partial charge on any atom is 0.254 e. The fourth-order valence-electron chi connectivity index (χ4n) is 1.94. The van der Waals surface area contributed by atoms with Crippen molar-refractivity contribution in [3.63, 3.8) is 0 Å². The Labute approximate surface area is 143 Å².